The first-order valence-corrected chi connectivity index (χ1v) is 9.18. The minimum Gasteiger partial charge on any atom is -0.0826 e. The van der Waals surface area contributed by atoms with Crippen LogP contribution in [0.25, 0.3) is 21.5 Å². The second kappa shape index (κ2) is 6.50. The van der Waals surface area contributed by atoms with Gasteiger partial charge in [0.15, 0.2) is 0 Å². The van der Waals surface area contributed by atoms with Gasteiger partial charge in [-0.05, 0) is 6.07 Å². The summed E-state index contributed by atoms with van der Waals surface area (Å²) in [4.78, 5) is 0. The molecule has 23 heavy (non-hydrogen) atoms. The summed E-state index contributed by atoms with van der Waals surface area (Å²) in [5.41, 5.74) is 0. The molecule has 0 fully saturated rings. The van der Waals surface area contributed by atoms with Gasteiger partial charge < -0.3 is 0 Å². The molecule has 0 bridgehead atoms. The van der Waals surface area contributed by atoms with Crippen molar-refractivity contribution in [2.24, 2.45) is 0 Å². The Kier molecular flexibility index (Phi) is 5.25. The molecule has 3 aromatic rings. The first kappa shape index (κ1) is 18.6. The van der Waals surface area contributed by atoms with Crippen molar-refractivity contribution < 1.29 is 0 Å². The standard InChI is InChI=1S/C14HCl9/c15-3-1-2-4(9(18)8(3)17)5-6(11(20)7(2)16)12(21)14(23)13(22)10(5)19/h1H. The van der Waals surface area contributed by atoms with Crippen LogP contribution in [0.5, 0.6) is 0 Å². The molecule has 3 rings (SSSR count). The van der Waals surface area contributed by atoms with Crippen LogP contribution >= 0.6 is 104 Å². The van der Waals surface area contributed by atoms with Gasteiger partial charge in [-0.1, -0.05) is 104 Å². The highest BCUT2D eigenvalue weighted by Crippen LogP contribution is 2.53. The third-order valence-electron chi connectivity index (χ3n) is 3.33. The Labute approximate surface area is 176 Å². The molecule has 0 radical (unpaired) electrons. The lowest BCUT2D eigenvalue weighted by Gasteiger charge is -2.16. The zero-order valence-electron chi connectivity index (χ0n) is 10.5. The molecule has 0 saturated carbocycles. The van der Waals surface area contributed by atoms with Crippen LogP contribution in [0.2, 0.25) is 45.2 Å². The molecule has 0 saturated heterocycles. The smallest absolute Gasteiger partial charge is 0.0800 e. The molecule has 0 atom stereocenters. The van der Waals surface area contributed by atoms with Gasteiger partial charge in [0.1, 0.15) is 0 Å². The van der Waals surface area contributed by atoms with Crippen molar-refractivity contribution in [3.63, 3.8) is 0 Å². The Bertz CT molecular complexity index is 1010. The maximum absolute atomic E-state index is 6.36. The molecular weight excluding hydrogens is 487 g/mol. The van der Waals surface area contributed by atoms with Crippen LogP contribution in [0.15, 0.2) is 6.07 Å². The van der Waals surface area contributed by atoms with E-state index in [4.69, 9.17) is 104 Å². The van der Waals surface area contributed by atoms with Gasteiger partial charge in [0, 0.05) is 21.5 Å². The van der Waals surface area contributed by atoms with Gasteiger partial charge in [0.05, 0.1) is 45.2 Å². The summed E-state index contributed by atoms with van der Waals surface area (Å²) >= 11 is 56.2. The van der Waals surface area contributed by atoms with Crippen LogP contribution in [-0.2, 0) is 0 Å². The quantitative estimate of drug-likeness (QED) is 0.168. The summed E-state index contributed by atoms with van der Waals surface area (Å²) in [5, 5.41) is 2.95. The molecule has 0 amide bonds. The van der Waals surface area contributed by atoms with Crippen LogP contribution in [0, 0.1) is 0 Å². The fourth-order valence-corrected chi connectivity index (χ4v) is 4.64. The van der Waals surface area contributed by atoms with E-state index in [1.54, 1.807) is 6.07 Å². The largest absolute Gasteiger partial charge is 0.0826 e. The molecule has 0 aliphatic carbocycles. The highest BCUT2D eigenvalue weighted by Gasteiger charge is 2.24. The van der Waals surface area contributed by atoms with Gasteiger partial charge in [-0.15, -0.1) is 0 Å². The van der Waals surface area contributed by atoms with Gasteiger partial charge in [0.2, 0.25) is 0 Å². The number of hydrogen-bond acceptors (Lipinski definition) is 0. The number of hydrogen-bond donors (Lipinski definition) is 0. The van der Waals surface area contributed by atoms with Crippen molar-refractivity contribution in [2.45, 2.75) is 0 Å². The van der Waals surface area contributed by atoms with Crippen molar-refractivity contribution in [1.29, 1.82) is 0 Å². The fourth-order valence-electron chi connectivity index (χ4n) is 2.31. The minimum atomic E-state index is 0.0688. The topological polar surface area (TPSA) is 0 Å². The summed E-state index contributed by atoms with van der Waals surface area (Å²) in [6, 6.07) is 1.55. The molecule has 0 spiro atoms. The summed E-state index contributed by atoms with van der Waals surface area (Å²) in [6.07, 6.45) is 0. The van der Waals surface area contributed by atoms with Crippen molar-refractivity contribution in [2.75, 3.05) is 0 Å². The normalized spacial score (nSPS) is 11.7. The van der Waals surface area contributed by atoms with Crippen LogP contribution in [0.1, 0.15) is 0 Å². The Morgan fingerprint density at radius 1 is 0.391 bits per heavy atom. The van der Waals surface area contributed by atoms with Crippen molar-refractivity contribution in [3.05, 3.63) is 51.3 Å². The van der Waals surface area contributed by atoms with E-state index in [1.807, 2.05) is 0 Å². The third-order valence-corrected chi connectivity index (χ3v) is 7.26. The van der Waals surface area contributed by atoms with E-state index in [1.165, 1.54) is 0 Å². The van der Waals surface area contributed by atoms with Crippen LogP contribution in [-0.4, -0.2) is 0 Å². The Morgan fingerprint density at radius 2 is 0.826 bits per heavy atom. The molecule has 0 unspecified atom stereocenters. The average molecular weight is 488 g/mol. The molecule has 0 heterocycles. The van der Waals surface area contributed by atoms with Crippen molar-refractivity contribution >= 4 is 126 Å². The van der Waals surface area contributed by atoms with Crippen LogP contribution < -0.4 is 0 Å². The maximum atomic E-state index is 6.36. The first-order valence-electron chi connectivity index (χ1n) is 5.78. The van der Waals surface area contributed by atoms with Gasteiger partial charge in [-0.25, -0.2) is 0 Å². The summed E-state index contributed by atoms with van der Waals surface area (Å²) in [6.45, 7) is 0. The van der Waals surface area contributed by atoms with Gasteiger partial charge >= 0.3 is 0 Å². The van der Waals surface area contributed by atoms with Crippen molar-refractivity contribution in [3.8, 4) is 0 Å². The number of halogens is 9. The highest BCUT2D eigenvalue weighted by atomic mass is 35.5. The average Bonchev–Trinajstić information content (AvgIpc) is 2.52. The number of benzene rings is 3. The maximum Gasteiger partial charge on any atom is 0.0800 e. The Balaban J connectivity index is 2.82. The molecular formula is C14HCl9. The second-order valence-electron chi connectivity index (χ2n) is 4.54. The SMILES string of the molecule is Clc1cc2c(Cl)c(Cl)c3c(Cl)c(Cl)c(Cl)c(Cl)c3c2c(Cl)c1Cl. The van der Waals surface area contributed by atoms with E-state index >= 15 is 0 Å². The summed E-state index contributed by atoms with van der Waals surface area (Å²) in [5.74, 6) is 0. The number of rotatable bonds is 0. The van der Waals surface area contributed by atoms with E-state index in [-0.39, 0.29) is 45.2 Å². The summed E-state index contributed by atoms with van der Waals surface area (Å²) in [7, 11) is 0. The zero-order valence-corrected chi connectivity index (χ0v) is 17.3. The molecule has 0 aliphatic rings. The molecule has 120 valence electrons. The molecule has 0 aromatic heterocycles. The molecule has 0 nitrogen and oxygen atoms in total. The lowest BCUT2D eigenvalue weighted by Crippen LogP contribution is -1.89. The van der Waals surface area contributed by atoms with E-state index in [2.05, 4.69) is 0 Å². The van der Waals surface area contributed by atoms with Gasteiger partial charge in [-0.2, -0.15) is 0 Å². The van der Waals surface area contributed by atoms with E-state index in [0.717, 1.165) is 0 Å². The van der Waals surface area contributed by atoms with Crippen LogP contribution in [0.3, 0.4) is 0 Å². The van der Waals surface area contributed by atoms with E-state index in [0.29, 0.717) is 21.5 Å². The monoisotopic (exact) mass is 484 g/mol. The van der Waals surface area contributed by atoms with E-state index < -0.39 is 0 Å². The van der Waals surface area contributed by atoms with Gasteiger partial charge in [-0.3, -0.25) is 0 Å². The molecule has 3 aromatic carbocycles. The third kappa shape index (κ3) is 2.67. The summed E-state index contributed by atoms with van der Waals surface area (Å²) < 4.78 is 0. The first-order chi connectivity index (χ1) is 10.7. The lowest BCUT2D eigenvalue weighted by atomic mass is 10.0. The highest BCUT2D eigenvalue weighted by molar-refractivity contribution is 6.61. The predicted octanol–water partition coefficient (Wildman–Crippen LogP) is 9.87. The minimum absolute atomic E-state index is 0.0688. The predicted molar refractivity (Wildman–Crippen MR) is 107 cm³/mol. The Morgan fingerprint density at radius 3 is 1.39 bits per heavy atom. The fraction of sp³-hybridized carbons (Fsp3) is 0. The van der Waals surface area contributed by atoms with Crippen molar-refractivity contribution in [1.82, 2.24) is 0 Å². The molecule has 9 heteroatoms. The Hall–Kier alpha value is 0.790. The van der Waals surface area contributed by atoms with E-state index in [9.17, 15) is 0 Å². The number of fused-ring (bicyclic) bond motifs is 3. The van der Waals surface area contributed by atoms with Gasteiger partial charge in [0.25, 0.3) is 0 Å². The molecule has 0 N–H and O–H groups in total. The zero-order chi connectivity index (χ0) is 17.2. The van der Waals surface area contributed by atoms with Crippen LogP contribution in [0.4, 0.5) is 0 Å². The lowest BCUT2D eigenvalue weighted by molar-refractivity contribution is 1.74. The second-order valence-corrected chi connectivity index (χ2v) is 7.97. The molecule has 0 aliphatic heterocycles.